The Balaban J connectivity index is 1.89. The second kappa shape index (κ2) is 6.73. The molecule has 2 aromatic carbocycles. The Morgan fingerprint density at radius 2 is 1.43 bits per heavy atom. The van der Waals surface area contributed by atoms with Crippen molar-refractivity contribution in [2.75, 3.05) is 22.9 Å². The number of carbonyl (C=O) groups is 1. The van der Waals surface area contributed by atoms with Crippen molar-refractivity contribution in [1.82, 2.24) is 0 Å². The maximum absolute atomic E-state index is 11.4. The van der Waals surface area contributed by atoms with Crippen LogP contribution in [-0.4, -0.2) is 36.2 Å². The highest BCUT2D eigenvalue weighted by atomic mass is 16.4. The number of hydrogen-bond donors (Lipinski definition) is 1. The van der Waals surface area contributed by atoms with Gasteiger partial charge in [-0.2, -0.15) is 0 Å². The summed E-state index contributed by atoms with van der Waals surface area (Å²) in [6, 6.07) is 20.4. The zero-order valence-electron chi connectivity index (χ0n) is 13.3. The van der Waals surface area contributed by atoms with Crippen LogP contribution in [0.15, 0.2) is 60.7 Å². The van der Waals surface area contributed by atoms with Crippen molar-refractivity contribution in [3.63, 3.8) is 0 Å². The summed E-state index contributed by atoms with van der Waals surface area (Å²) in [6.45, 7) is 3.83. The fourth-order valence-corrected chi connectivity index (χ4v) is 3.44. The summed E-state index contributed by atoms with van der Waals surface area (Å²) in [7, 11) is 0. The first-order valence-corrected chi connectivity index (χ1v) is 8.02. The number of carboxylic acids is 1. The van der Waals surface area contributed by atoms with Gasteiger partial charge in [0.1, 0.15) is 0 Å². The number of hydrogen-bond acceptors (Lipinski definition) is 3. The minimum atomic E-state index is -0.752. The van der Waals surface area contributed by atoms with Gasteiger partial charge < -0.3 is 14.9 Å². The Hall–Kier alpha value is -2.49. The Bertz CT molecular complexity index is 645. The van der Waals surface area contributed by atoms with Crippen LogP contribution in [0.4, 0.5) is 11.4 Å². The molecule has 0 bridgehead atoms. The summed E-state index contributed by atoms with van der Waals surface area (Å²) in [5, 5.41) is 9.36. The highest BCUT2D eigenvalue weighted by molar-refractivity contribution is 5.69. The maximum Gasteiger partial charge on any atom is 0.305 e. The van der Waals surface area contributed by atoms with E-state index in [1.54, 1.807) is 0 Å². The van der Waals surface area contributed by atoms with E-state index in [4.69, 9.17) is 0 Å². The predicted molar refractivity (Wildman–Crippen MR) is 93.1 cm³/mol. The fraction of sp³-hybridized carbons (Fsp3) is 0.316. The second-order valence-electron chi connectivity index (χ2n) is 5.96. The third-order valence-corrected chi connectivity index (χ3v) is 4.59. The Morgan fingerprint density at radius 1 is 0.957 bits per heavy atom. The standard InChI is InChI=1S/C19H22N2O2/c1-15-18(14-19(22)23)21(17-10-6-3-7-11-17)13-12-20(15)16-8-4-2-5-9-16/h2-11,15,18H,12-14H2,1H3,(H,22,23)/t15-,18+/m1/s1. The van der Waals surface area contributed by atoms with Crippen molar-refractivity contribution in [3.05, 3.63) is 60.7 Å². The summed E-state index contributed by atoms with van der Waals surface area (Å²) in [5.41, 5.74) is 2.25. The normalized spacial score (nSPS) is 21.3. The van der Waals surface area contributed by atoms with E-state index in [9.17, 15) is 9.90 Å². The van der Waals surface area contributed by atoms with E-state index in [1.807, 2.05) is 36.4 Å². The summed E-state index contributed by atoms with van der Waals surface area (Å²) >= 11 is 0. The van der Waals surface area contributed by atoms with E-state index in [2.05, 4.69) is 41.0 Å². The average molecular weight is 310 g/mol. The second-order valence-corrected chi connectivity index (χ2v) is 5.96. The van der Waals surface area contributed by atoms with Crippen LogP contribution in [-0.2, 0) is 4.79 Å². The monoisotopic (exact) mass is 310 g/mol. The van der Waals surface area contributed by atoms with E-state index < -0.39 is 5.97 Å². The molecule has 3 rings (SSSR count). The third-order valence-electron chi connectivity index (χ3n) is 4.59. The molecule has 0 aromatic heterocycles. The van der Waals surface area contributed by atoms with E-state index >= 15 is 0 Å². The topological polar surface area (TPSA) is 43.8 Å². The Kier molecular flexibility index (Phi) is 4.51. The first-order chi connectivity index (χ1) is 11.2. The van der Waals surface area contributed by atoms with Crippen molar-refractivity contribution in [2.45, 2.75) is 25.4 Å². The lowest BCUT2D eigenvalue weighted by molar-refractivity contribution is -0.137. The SMILES string of the molecule is C[C@@H]1[C@H](CC(=O)O)N(c2ccccc2)CCN1c1ccccc1. The largest absolute Gasteiger partial charge is 0.481 e. The highest BCUT2D eigenvalue weighted by Gasteiger charge is 2.35. The molecule has 1 aliphatic heterocycles. The van der Waals surface area contributed by atoms with Crippen LogP contribution in [0.25, 0.3) is 0 Å². The van der Waals surface area contributed by atoms with Crippen molar-refractivity contribution in [2.24, 2.45) is 0 Å². The first-order valence-electron chi connectivity index (χ1n) is 8.02. The number of benzene rings is 2. The minimum absolute atomic E-state index is 0.0520. The quantitative estimate of drug-likeness (QED) is 0.941. The van der Waals surface area contributed by atoms with Crippen LogP contribution >= 0.6 is 0 Å². The molecule has 0 amide bonds. The lowest BCUT2D eigenvalue weighted by Gasteiger charge is -2.48. The van der Waals surface area contributed by atoms with E-state index in [1.165, 1.54) is 0 Å². The molecule has 120 valence electrons. The van der Waals surface area contributed by atoms with Gasteiger partial charge >= 0.3 is 5.97 Å². The van der Waals surface area contributed by atoms with Crippen molar-refractivity contribution < 1.29 is 9.90 Å². The van der Waals surface area contributed by atoms with Gasteiger partial charge in [0.15, 0.2) is 0 Å². The smallest absolute Gasteiger partial charge is 0.305 e. The van der Waals surface area contributed by atoms with Gasteiger partial charge in [-0.25, -0.2) is 0 Å². The molecular formula is C19H22N2O2. The number of para-hydroxylation sites is 2. The number of nitrogens with zero attached hydrogens (tertiary/aromatic N) is 2. The molecule has 0 unspecified atom stereocenters. The molecule has 4 heteroatoms. The fourth-order valence-electron chi connectivity index (χ4n) is 3.44. The van der Waals surface area contributed by atoms with Crippen molar-refractivity contribution in [3.8, 4) is 0 Å². The van der Waals surface area contributed by atoms with Crippen LogP contribution in [0.3, 0.4) is 0 Å². The lowest BCUT2D eigenvalue weighted by atomic mass is 9.97. The van der Waals surface area contributed by atoms with Crippen molar-refractivity contribution in [1.29, 1.82) is 0 Å². The van der Waals surface area contributed by atoms with Crippen LogP contribution < -0.4 is 9.80 Å². The molecule has 2 aromatic rings. The molecule has 1 saturated heterocycles. The Morgan fingerprint density at radius 3 is 1.96 bits per heavy atom. The van der Waals surface area contributed by atoms with Crippen LogP contribution in [0.2, 0.25) is 0 Å². The first kappa shape index (κ1) is 15.4. The number of piperazine rings is 1. The minimum Gasteiger partial charge on any atom is -0.481 e. The molecule has 4 nitrogen and oxygen atoms in total. The molecule has 23 heavy (non-hydrogen) atoms. The van der Waals surface area contributed by atoms with Crippen molar-refractivity contribution >= 4 is 17.3 Å². The van der Waals surface area contributed by atoms with E-state index in [0.717, 1.165) is 24.5 Å². The van der Waals surface area contributed by atoms with E-state index in [0.29, 0.717) is 0 Å². The third kappa shape index (κ3) is 3.31. The van der Waals surface area contributed by atoms with Crippen LogP contribution in [0.5, 0.6) is 0 Å². The Labute approximate surface area is 137 Å². The summed E-state index contributed by atoms with van der Waals surface area (Å²) in [4.78, 5) is 15.9. The predicted octanol–water partition coefficient (Wildman–Crippen LogP) is 3.25. The summed E-state index contributed by atoms with van der Waals surface area (Å²) < 4.78 is 0. The molecule has 1 heterocycles. The van der Waals surface area contributed by atoms with Gasteiger partial charge in [0.25, 0.3) is 0 Å². The zero-order chi connectivity index (χ0) is 16.2. The molecule has 1 fully saturated rings. The molecule has 0 saturated carbocycles. The molecule has 0 spiro atoms. The summed E-state index contributed by atoms with van der Waals surface area (Å²) in [6.07, 6.45) is 0.138. The van der Waals surface area contributed by atoms with Gasteiger partial charge in [-0.05, 0) is 31.2 Å². The van der Waals surface area contributed by atoms with Gasteiger partial charge in [-0.15, -0.1) is 0 Å². The van der Waals surface area contributed by atoms with Crippen LogP contribution in [0, 0.1) is 0 Å². The molecule has 1 aliphatic rings. The molecular weight excluding hydrogens is 288 g/mol. The molecule has 2 atom stereocenters. The number of rotatable bonds is 4. The highest BCUT2D eigenvalue weighted by Crippen LogP contribution is 2.29. The van der Waals surface area contributed by atoms with Crippen LogP contribution in [0.1, 0.15) is 13.3 Å². The van der Waals surface area contributed by atoms with Gasteiger partial charge in [0, 0.05) is 30.5 Å². The average Bonchev–Trinajstić information content (AvgIpc) is 2.58. The number of aliphatic carboxylic acids is 1. The molecule has 0 aliphatic carbocycles. The lowest BCUT2D eigenvalue weighted by Crippen LogP contribution is -2.59. The van der Waals surface area contributed by atoms with Gasteiger partial charge in [-0.1, -0.05) is 36.4 Å². The van der Waals surface area contributed by atoms with Gasteiger partial charge in [0.05, 0.1) is 12.5 Å². The number of anilines is 2. The number of carboxylic acid groups (broad SMARTS) is 1. The van der Waals surface area contributed by atoms with E-state index in [-0.39, 0.29) is 18.5 Å². The van der Waals surface area contributed by atoms with Gasteiger partial charge in [0.2, 0.25) is 0 Å². The van der Waals surface area contributed by atoms with Gasteiger partial charge in [-0.3, -0.25) is 4.79 Å². The molecule has 1 N–H and O–H groups in total. The molecule has 0 radical (unpaired) electrons. The maximum atomic E-state index is 11.4. The summed E-state index contributed by atoms with van der Waals surface area (Å²) in [5.74, 6) is -0.752. The zero-order valence-corrected chi connectivity index (χ0v) is 13.3.